The molecule has 0 amide bonds. The van der Waals surface area contributed by atoms with Crippen LogP contribution in [0, 0.1) is 6.92 Å². The van der Waals surface area contributed by atoms with Gasteiger partial charge in [-0.1, -0.05) is 6.07 Å². The van der Waals surface area contributed by atoms with E-state index < -0.39 is 5.79 Å². The Morgan fingerprint density at radius 2 is 2.08 bits per heavy atom. The van der Waals surface area contributed by atoms with E-state index in [4.69, 9.17) is 11.5 Å². The number of thiazole rings is 1. The first-order chi connectivity index (χ1) is 12.4. The van der Waals surface area contributed by atoms with E-state index in [1.54, 1.807) is 11.3 Å². The zero-order chi connectivity index (χ0) is 18.3. The summed E-state index contributed by atoms with van der Waals surface area (Å²) in [5.41, 5.74) is 14.3. The van der Waals surface area contributed by atoms with Gasteiger partial charge < -0.3 is 16.0 Å². The van der Waals surface area contributed by atoms with E-state index in [0.29, 0.717) is 12.0 Å². The molecule has 1 aromatic heterocycles. The Morgan fingerprint density at radius 3 is 2.85 bits per heavy atom. The zero-order valence-corrected chi connectivity index (χ0v) is 15.8. The monoisotopic (exact) mass is 372 g/mol. The Hall–Kier alpha value is -2.23. The lowest BCUT2D eigenvalue weighted by molar-refractivity contribution is 0.246. The predicted molar refractivity (Wildman–Crippen MR) is 106 cm³/mol. The number of nitrogens with two attached hydrogens (primary N) is 2. The number of hydrogen-bond donors (Lipinski definition) is 4. The quantitative estimate of drug-likeness (QED) is 0.614. The van der Waals surface area contributed by atoms with Gasteiger partial charge in [-0.2, -0.15) is 0 Å². The molecule has 9 heteroatoms. The highest BCUT2D eigenvalue weighted by Crippen LogP contribution is 2.29. The van der Waals surface area contributed by atoms with Gasteiger partial charge in [-0.15, -0.1) is 11.3 Å². The van der Waals surface area contributed by atoms with Gasteiger partial charge in [0, 0.05) is 11.6 Å². The second-order valence-corrected chi connectivity index (χ2v) is 8.18. The fraction of sp³-hybridized carbons (Fsp3) is 0.471. The van der Waals surface area contributed by atoms with Crippen LogP contribution in [0.1, 0.15) is 23.4 Å². The average Bonchev–Trinajstić information content (AvgIpc) is 2.95. The molecule has 1 unspecified atom stereocenters. The van der Waals surface area contributed by atoms with E-state index in [2.05, 4.69) is 37.5 Å². The van der Waals surface area contributed by atoms with Crippen molar-refractivity contribution in [2.24, 2.45) is 21.5 Å². The van der Waals surface area contributed by atoms with Crippen molar-refractivity contribution in [1.29, 1.82) is 0 Å². The first-order valence-electron chi connectivity index (χ1n) is 8.75. The van der Waals surface area contributed by atoms with Gasteiger partial charge in [0.1, 0.15) is 0 Å². The molecule has 0 spiro atoms. The highest BCUT2D eigenvalue weighted by molar-refractivity contribution is 7.18. The maximum Gasteiger partial charge on any atom is 0.235 e. The average molecular weight is 373 g/mol. The largest absolute Gasteiger partial charge is 0.369 e. The summed E-state index contributed by atoms with van der Waals surface area (Å²) in [6, 6.07) is 6.22. The fourth-order valence-corrected chi connectivity index (χ4v) is 4.24. The number of aromatic nitrogens is 1. The third-order valence-electron chi connectivity index (χ3n) is 4.80. The molecule has 26 heavy (non-hydrogen) atoms. The molecule has 1 aromatic carbocycles. The van der Waals surface area contributed by atoms with Gasteiger partial charge in [-0.25, -0.2) is 15.0 Å². The van der Waals surface area contributed by atoms with Crippen molar-refractivity contribution in [3.05, 3.63) is 28.8 Å². The standard InChI is InChI=1S/C17H24N8S/c1-10-20-13-4-3-11(9-14(13)26-10)17(19)23-15(18)22-16(24-17)21-12-5-7-25(2)8-6-12/h3-4,9,12H,5-8,19H2,1-2H3,(H4,18,21,22,23,24). The second-order valence-electron chi connectivity index (χ2n) is 6.95. The van der Waals surface area contributed by atoms with Crippen LogP contribution >= 0.6 is 11.3 Å². The smallest absolute Gasteiger partial charge is 0.235 e. The van der Waals surface area contributed by atoms with Crippen molar-refractivity contribution in [2.75, 3.05) is 20.1 Å². The maximum absolute atomic E-state index is 6.53. The second kappa shape index (κ2) is 6.49. The molecular weight excluding hydrogens is 348 g/mol. The Bertz CT molecular complexity index is 880. The van der Waals surface area contributed by atoms with Crippen molar-refractivity contribution in [2.45, 2.75) is 31.6 Å². The van der Waals surface area contributed by atoms with E-state index >= 15 is 0 Å². The summed E-state index contributed by atoms with van der Waals surface area (Å²) in [6.07, 6.45) is 2.11. The predicted octanol–water partition coefficient (Wildman–Crippen LogP) is 0.631. The van der Waals surface area contributed by atoms with Crippen LogP contribution in [0.25, 0.3) is 10.2 Å². The Labute approximate surface area is 156 Å². The van der Waals surface area contributed by atoms with Crippen LogP contribution in [-0.2, 0) is 5.79 Å². The summed E-state index contributed by atoms with van der Waals surface area (Å²) >= 11 is 1.63. The van der Waals surface area contributed by atoms with Crippen molar-refractivity contribution in [1.82, 2.24) is 20.5 Å². The normalized spacial score (nSPS) is 24.9. The fourth-order valence-electron chi connectivity index (χ4n) is 3.37. The number of rotatable bonds is 2. The van der Waals surface area contributed by atoms with Crippen LogP contribution in [0.3, 0.4) is 0 Å². The minimum atomic E-state index is -1.24. The molecule has 1 saturated heterocycles. The summed E-state index contributed by atoms with van der Waals surface area (Å²) in [5.74, 6) is -0.400. The topological polar surface area (TPSA) is 117 Å². The molecule has 0 radical (unpaired) electrons. The van der Waals surface area contributed by atoms with Gasteiger partial charge in [-0.05, 0) is 52.0 Å². The number of aryl methyl sites for hydroxylation is 1. The number of benzene rings is 1. The molecule has 2 aromatic rings. The molecule has 8 nitrogen and oxygen atoms in total. The van der Waals surface area contributed by atoms with Gasteiger partial charge in [0.15, 0.2) is 5.96 Å². The van der Waals surface area contributed by atoms with Crippen molar-refractivity contribution in [3.8, 4) is 0 Å². The number of nitrogens with one attached hydrogen (secondary N) is 2. The number of fused-ring (bicyclic) bond motifs is 1. The highest BCUT2D eigenvalue weighted by atomic mass is 32.1. The lowest BCUT2D eigenvalue weighted by Gasteiger charge is -2.33. The SMILES string of the molecule is Cc1nc2ccc(C3(N)N=C(N)NC(NC4CCN(C)CC4)=N3)cc2s1. The van der Waals surface area contributed by atoms with E-state index in [0.717, 1.165) is 46.7 Å². The van der Waals surface area contributed by atoms with Crippen LogP contribution in [-0.4, -0.2) is 48.0 Å². The molecule has 1 fully saturated rings. The van der Waals surface area contributed by atoms with Crippen molar-refractivity contribution < 1.29 is 0 Å². The lowest BCUT2D eigenvalue weighted by atomic mass is 10.1. The van der Waals surface area contributed by atoms with Crippen molar-refractivity contribution >= 4 is 33.5 Å². The first-order valence-corrected chi connectivity index (χ1v) is 9.57. The number of nitrogens with zero attached hydrogens (tertiary/aromatic N) is 4. The minimum absolute atomic E-state index is 0.263. The van der Waals surface area contributed by atoms with E-state index in [-0.39, 0.29) is 5.96 Å². The summed E-state index contributed by atoms with van der Waals surface area (Å²) in [6.45, 7) is 4.11. The molecular formula is C17H24N8S. The summed E-state index contributed by atoms with van der Waals surface area (Å²) in [5, 5.41) is 7.46. The Morgan fingerprint density at radius 1 is 1.31 bits per heavy atom. The molecule has 3 heterocycles. The zero-order valence-electron chi connectivity index (χ0n) is 15.0. The highest BCUT2D eigenvalue weighted by Gasteiger charge is 2.32. The molecule has 1 atom stereocenters. The third kappa shape index (κ3) is 3.37. The molecule has 0 aliphatic carbocycles. The van der Waals surface area contributed by atoms with Gasteiger partial charge in [-0.3, -0.25) is 11.1 Å². The van der Waals surface area contributed by atoms with Gasteiger partial charge in [0.2, 0.25) is 11.7 Å². The van der Waals surface area contributed by atoms with Crippen LogP contribution in [0.2, 0.25) is 0 Å². The number of likely N-dealkylation sites (tertiary alicyclic amines) is 1. The van der Waals surface area contributed by atoms with Gasteiger partial charge in [0.05, 0.1) is 15.2 Å². The van der Waals surface area contributed by atoms with Crippen LogP contribution in [0.4, 0.5) is 0 Å². The molecule has 138 valence electrons. The van der Waals surface area contributed by atoms with E-state index in [1.807, 2.05) is 25.1 Å². The third-order valence-corrected chi connectivity index (χ3v) is 5.73. The van der Waals surface area contributed by atoms with E-state index in [9.17, 15) is 0 Å². The summed E-state index contributed by atoms with van der Waals surface area (Å²) in [4.78, 5) is 15.8. The number of piperidine rings is 1. The summed E-state index contributed by atoms with van der Waals surface area (Å²) < 4.78 is 1.07. The van der Waals surface area contributed by atoms with Crippen LogP contribution in [0.5, 0.6) is 0 Å². The number of guanidine groups is 2. The molecule has 2 aliphatic heterocycles. The molecule has 0 saturated carbocycles. The van der Waals surface area contributed by atoms with E-state index in [1.165, 1.54) is 0 Å². The number of aliphatic imine (C=N–C) groups is 2. The maximum atomic E-state index is 6.53. The first kappa shape index (κ1) is 17.2. The molecule has 6 N–H and O–H groups in total. The molecule has 2 aliphatic rings. The van der Waals surface area contributed by atoms with Crippen LogP contribution in [0.15, 0.2) is 28.2 Å². The Kier molecular flexibility index (Phi) is 4.29. The number of hydrogen-bond acceptors (Lipinski definition) is 9. The van der Waals surface area contributed by atoms with Crippen LogP contribution < -0.4 is 22.1 Å². The molecule has 4 rings (SSSR count). The summed E-state index contributed by atoms with van der Waals surface area (Å²) in [7, 11) is 2.14. The van der Waals surface area contributed by atoms with Crippen molar-refractivity contribution in [3.63, 3.8) is 0 Å². The Balaban J connectivity index is 1.61. The molecule has 0 bridgehead atoms. The van der Waals surface area contributed by atoms with Gasteiger partial charge >= 0.3 is 0 Å². The minimum Gasteiger partial charge on any atom is -0.369 e. The lowest BCUT2D eigenvalue weighted by Crippen LogP contribution is -2.56. The van der Waals surface area contributed by atoms with Gasteiger partial charge in [0.25, 0.3) is 0 Å².